The van der Waals surface area contributed by atoms with Crippen molar-refractivity contribution >= 4 is 29.3 Å². The maximum atomic E-state index is 12.2. The van der Waals surface area contributed by atoms with Crippen molar-refractivity contribution in [3.05, 3.63) is 63.7 Å². The molecule has 0 aromatic heterocycles. The first-order chi connectivity index (χ1) is 13.3. The van der Waals surface area contributed by atoms with Crippen LogP contribution in [0.4, 0.5) is 5.69 Å². The summed E-state index contributed by atoms with van der Waals surface area (Å²) in [5, 5.41) is 14.1. The molecule has 1 atom stereocenters. The number of carbonyl (C=O) groups excluding carboxylic acids is 2. The first-order valence-corrected chi connectivity index (χ1v) is 9.53. The third kappa shape index (κ3) is 5.71. The second-order valence-corrected chi connectivity index (χ2v) is 6.90. The van der Waals surface area contributed by atoms with Crippen molar-refractivity contribution in [2.45, 2.75) is 24.8 Å². The number of nitro benzene ring substituents is 1. The number of thioether (sulfide) groups is 1. The Morgan fingerprint density at radius 1 is 1.25 bits per heavy atom. The average molecular weight is 403 g/mol. The molecule has 0 fully saturated rings. The largest absolute Gasteiger partial charge is 0.494 e. The molecule has 9 heteroatoms. The summed E-state index contributed by atoms with van der Waals surface area (Å²) in [5.74, 6) is -0.258. The van der Waals surface area contributed by atoms with Gasteiger partial charge in [-0.05, 0) is 43.7 Å². The Kier molecular flexibility index (Phi) is 7.39. The first kappa shape index (κ1) is 21.2. The van der Waals surface area contributed by atoms with Crippen LogP contribution in [0.25, 0.3) is 0 Å². The summed E-state index contributed by atoms with van der Waals surface area (Å²) >= 11 is 1.02. The average Bonchev–Trinajstić information content (AvgIpc) is 2.66. The number of amides is 2. The van der Waals surface area contributed by atoms with E-state index in [2.05, 4.69) is 5.32 Å². The van der Waals surface area contributed by atoms with E-state index in [0.29, 0.717) is 11.5 Å². The van der Waals surface area contributed by atoms with Crippen LogP contribution < -0.4 is 15.8 Å². The molecule has 0 saturated heterocycles. The smallest absolute Gasteiger partial charge is 0.283 e. The molecule has 0 aliphatic carbocycles. The van der Waals surface area contributed by atoms with Crippen molar-refractivity contribution in [2.75, 3.05) is 12.4 Å². The highest BCUT2D eigenvalue weighted by molar-refractivity contribution is 8.00. The van der Waals surface area contributed by atoms with Gasteiger partial charge >= 0.3 is 0 Å². The fraction of sp³-hybridized carbons (Fsp3) is 0.263. The molecular weight excluding hydrogens is 382 g/mol. The van der Waals surface area contributed by atoms with Gasteiger partial charge in [-0.2, -0.15) is 0 Å². The monoisotopic (exact) mass is 403 g/mol. The van der Waals surface area contributed by atoms with Crippen molar-refractivity contribution in [1.29, 1.82) is 0 Å². The fourth-order valence-electron chi connectivity index (χ4n) is 2.46. The molecule has 0 aliphatic heterocycles. The van der Waals surface area contributed by atoms with Crippen LogP contribution >= 0.6 is 11.8 Å². The predicted molar refractivity (Wildman–Crippen MR) is 107 cm³/mol. The van der Waals surface area contributed by atoms with Gasteiger partial charge in [0.25, 0.3) is 5.69 Å². The molecule has 2 aromatic carbocycles. The van der Waals surface area contributed by atoms with Gasteiger partial charge in [0.15, 0.2) is 0 Å². The lowest BCUT2D eigenvalue weighted by molar-refractivity contribution is -0.387. The number of nitrogens with two attached hydrogens (primary N) is 1. The third-order valence-corrected chi connectivity index (χ3v) is 4.93. The number of ether oxygens (including phenoxy) is 1. The van der Waals surface area contributed by atoms with Crippen LogP contribution in [-0.4, -0.2) is 29.1 Å². The van der Waals surface area contributed by atoms with Crippen LogP contribution in [0.15, 0.2) is 47.4 Å². The zero-order valence-corrected chi connectivity index (χ0v) is 16.3. The molecule has 0 bridgehead atoms. The van der Waals surface area contributed by atoms with Crippen molar-refractivity contribution in [1.82, 2.24) is 5.32 Å². The van der Waals surface area contributed by atoms with E-state index in [1.165, 1.54) is 12.1 Å². The molecule has 0 radical (unpaired) electrons. The van der Waals surface area contributed by atoms with Crippen molar-refractivity contribution in [3.63, 3.8) is 0 Å². The van der Waals surface area contributed by atoms with E-state index >= 15 is 0 Å². The highest BCUT2D eigenvalue weighted by Gasteiger charge is 2.18. The van der Waals surface area contributed by atoms with Crippen LogP contribution in [0.1, 0.15) is 35.8 Å². The number of primary amides is 1. The maximum absolute atomic E-state index is 12.2. The van der Waals surface area contributed by atoms with Crippen LogP contribution in [0.5, 0.6) is 5.75 Å². The summed E-state index contributed by atoms with van der Waals surface area (Å²) in [5.41, 5.74) is 5.86. The van der Waals surface area contributed by atoms with Gasteiger partial charge in [0, 0.05) is 11.6 Å². The summed E-state index contributed by atoms with van der Waals surface area (Å²) in [6, 6.07) is 11.1. The van der Waals surface area contributed by atoms with Crippen LogP contribution in [0, 0.1) is 10.1 Å². The van der Waals surface area contributed by atoms with Gasteiger partial charge in [-0.25, -0.2) is 0 Å². The number of hydrogen-bond acceptors (Lipinski definition) is 6. The van der Waals surface area contributed by atoms with E-state index in [9.17, 15) is 19.7 Å². The van der Waals surface area contributed by atoms with Crippen molar-refractivity contribution in [2.24, 2.45) is 5.73 Å². The highest BCUT2D eigenvalue weighted by Crippen LogP contribution is 2.30. The second-order valence-electron chi connectivity index (χ2n) is 5.88. The van der Waals surface area contributed by atoms with E-state index in [4.69, 9.17) is 10.5 Å². The van der Waals surface area contributed by atoms with E-state index < -0.39 is 10.8 Å². The van der Waals surface area contributed by atoms with Gasteiger partial charge in [-0.3, -0.25) is 19.7 Å². The van der Waals surface area contributed by atoms with Gasteiger partial charge in [0.05, 0.1) is 28.2 Å². The molecule has 28 heavy (non-hydrogen) atoms. The zero-order valence-electron chi connectivity index (χ0n) is 15.5. The van der Waals surface area contributed by atoms with Gasteiger partial charge in [-0.15, -0.1) is 11.8 Å². The lowest BCUT2D eigenvalue weighted by atomic mass is 10.1. The Morgan fingerprint density at radius 3 is 2.50 bits per heavy atom. The van der Waals surface area contributed by atoms with Gasteiger partial charge in [-0.1, -0.05) is 12.1 Å². The minimum Gasteiger partial charge on any atom is -0.494 e. The fourth-order valence-corrected chi connectivity index (χ4v) is 3.28. The number of carbonyl (C=O) groups is 2. The Bertz CT molecular complexity index is 870. The maximum Gasteiger partial charge on any atom is 0.283 e. The normalized spacial score (nSPS) is 11.5. The number of nitrogens with zero attached hydrogens (tertiary/aromatic N) is 1. The Hall–Kier alpha value is -3.07. The Labute approximate surface area is 166 Å². The number of rotatable bonds is 9. The lowest BCUT2D eigenvalue weighted by Gasteiger charge is -2.15. The highest BCUT2D eigenvalue weighted by atomic mass is 32.2. The van der Waals surface area contributed by atoms with E-state index in [-0.39, 0.29) is 29.0 Å². The molecular formula is C19H21N3O5S. The summed E-state index contributed by atoms with van der Waals surface area (Å²) in [6.45, 7) is 4.33. The molecule has 0 aliphatic rings. The quantitative estimate of drug-likeness (QED) is 0.377. The second kappa shape index (κ2) is 9.75. The molecule has 3 N–H and O–H groups in total. The zero-order chi connectivity index (χ0) is 20.7. The van der Waals surface area contributed by atoms with E-state index in [1.54, 1.807) is 0 Å². The standard InChI is InChI=1S/C19H21N3O5S/c1-3-27-15-7-4-13(5-8-15)12(2)21-18(23)11-28-17-9-6-14(19(20)24)10-16(17)22(25)26/h4-10,12H,3,11H2,1-2H3,(H2,20,24)(H,21,23). The lowest BCUT2D eigenvalue weighted by Crippen LogP contribution is -2.28. The number of nitrogens with one attached hydrogen (secondary N) is 1. The Balaban J connectivity index is 1.98. The topological polar surface area (TPSA) is 125 Å². The van der Waals surface area contributed by atoms with Crippen molar-refractivity contribution < 1.29 is 19.2 Å². The molecule has 8 nitrogen and oxygen atoms in total. The summed E-state index contributed by atoms with van der Waals surface area (Å²) in [4.78, 5) is 34.3. The first-order valence-electron chi connectivity index (χ1n) is 8.55. The van der Waals surface area contributed by atoms with Crippen LogP contribution in [0.3, 0.4) is 0 Å². The Morgan fingerprint density at radius 2 is 1.93 bits per heavy atom. The van der Waals surface area contributed by atoms with Gasteiger partial charge < -0.3 is 15.8 Å². The molecule has 2 rings (SSSR count). The predicted octanol–water partition coefficient (Wildman–Crippen LogP) is 3.06. The van der Waals surface area contributed by atoms with Crippen LogP contribution in [0.2, 0.25) is 0 Å². The summed E-state index contributed by atoms with van der Waals surface area (Å²) < 4.78 is 5.39. The van der Waals surface area contributed by atoms with Gasteiger partial charge in [0.1, 0.15) is 5.75 Å². The van der Waals surface area contributed by atoms with Gasteiger partial charge in [0.2, 0.25) is 11.8 Å². The number of hydrogen-bond donors (Lipinski definition) is 2. The third-order valence-electron chi connectivity index (χ3n) is 3.87. The molecule has 0 saturated carbocycles. The van der Waals surface area contributed by atoms with Crippen molar-refractivity contribution in [3.8, 4) is 5.75 Å². The minimum absolute atomic E-state index is 0.00186. The van der Waals surface area contributed by atoms with Crippen LogP contribution in [-0.2, 0) is 4.79 Å². The SMILES string of the molecule is CCOc1ccc(C(C)NC(=O)CSc2ccc(C(N)=O)cc2[N+](=O)[O-])cc1. The van der Waals surface area contributed by atoms with E-state index in [0.717, 1.165) is 29.1 Å². The molecule has 0 spiro atoms. The summed E-state index contributed by atoms with van der Waals surface area (Å²) in [7, 11) is 0. The summed E-state index contributed by atoms with van der Waals surface area (Å²) in [6.07, 6.45) is 0. The molecule has 2 aromatic rings. The molecule has 0 heterocycles. The minimum atomic E-state index is -0.749. The molecule has 2 amide bonds. The molecule has 1 unspecified atom stereocenters. The van der Waals surface area contributed by atoms with E-state index in [1.807, 2.05) is 38.1 Å². The molecule has 148 valence electrons. The number of nitro groups is 1. The number of benzene rings is 2.